The molecule has 0 aliphatic heterocycles. The number of carbonyl (C=O) groups is 2. The van der Waals surface area contributed by atoms with Gasteiger partial charge in [-0.05, 0) is 47.0 Å². The molecule has 0 spiro atoms. The fourth-order valence-electron chi connectivity index (χ4n) is 2.78. The summed E-state index contributed by atoms with van der Waals surface area (Å²) in [6, 6.07) is 4.27. The number of carbonyl (C=O) groups excluding carboxylic acids is 1. The molecule has 1 fully saturated rings. The van der Waals surface area contributed by atoms with E-state index < -0.39 is 17.2 Å². The van der Waals surface area contributed by atoms with E-state index >= 15 is 0 Å². The van der Waals surface area contributed by atoms with E-state index in [4.69, 9.17) is 0 Å². The second-order valence-electron chi connectivity index (χ2n) is 5.50. The Balaban J connectivity index is 2.05. The summed E-state index contributed by atoms with van der Waals surface area (Å²) in [6.45, 7) is 0. The molecule has 1 aliphatic rings. The molecular weight excluding hydrogens is 341 g/mol. The number of hydrogen-bond acceptors (Lipinski definition) is 2. The van der Waals surface area contributed by atoms with E-state index in [9.17, 15) is 19.1 Å². The standard InChI is InChI=1S/C15H17BrFNO3/c16-11-5-4-10(8-12(11)17)18-13(19)9-15(14(20)21)6-2-1-3-7-15/h4-5,8H,1-3,6-7,9H2,(H,18,19)(H,20,21). The molecule has 0 radical (unpaired) electrons. The number of hydrogen-bond donors (Lipinski definition) is 2. The molecule has 2 rings (SSSR count). The molecule has 4 nitrogen and oxygen atoms in total. The lowest BCUT2D eigenvalue weighted by molar-refractivity contribution is -0.153. The van der Waals surface area contributed by atoms with Crippen LogP contribution < -0.4 is 5.32 Å². The van der Waals surface area contributed by atoms with Crippen molar-refractivity contribution in [1.29, 1.82) is 0 Å². The van der Waals surface area contributed by atoms with Crippen molar-refractivity contribution in [2.24, 2.45) is 5.41 Å². The molecular formula is C15H17BrFNO3. The Morgan fingerprint density at radius 2 is 1.95 bits per heavy atom. The number of halogens is 2. The molecule has 1 aliphatic carbocycles. The Labute approximate surface area is 130 Å². The van der Waals surface area contributed by atoms with Crippen LogP contribution >= 0.6 is 15.9 Å². The fourth-order valence-corrected chi connectivity index (χ4v) is 3.03. The van der Waals surface area contributed by atoms with Crippen LogP contribution in [0.15, 0.2) is 22.7 Å². The Hall–Kier alpha value is -1.43. The van der Waals surface area contributed by atoms with Gasteiger partial charge in [-0.2, -0.15) is 0 Å². The van der Waals surface area contributed by atoms with Crippen LogP contribution in [0.4, 0.5) is 10.1 Å². The fraction of sp³-hybridized carbons (Fsp3) is 0.467. The van der Waals surface area contributed by atoms with Crippen LogP contribution in [0.5, 0.6) is 0 Å². The summed E-state index contributed by atoms with van der Waals surface area (Å²) in [5.41, 5.74) is -0.645. The predicted molar refractivity (Wildman–Crippen MR) is 80.5 cm³/mol. The van der Waals surface area contributed by atoms with E-state index in [1.54, 1.807) is 6.07 Å². The van der Waals surface area contributed by atoms with E-state index in [0.29, 0.717) is 23.0 Å². The third-order valence-corrected chi connectivity index (χ3v) is 4.61. The monoisotopic (exact) mass is 357 g/mol. The molecule has 0 heterocycles. The molecule has 0 bridgehead atoms. The zero-order valence-electron chi connectivity index (χ0n) is 11.5. The van der Waals surface area contributed by atoms with E-state index in [0.717, 1.165) is 19.3 Å². The highest BCUT2D eigenvalue weighted by molar-refractivity contribution is 9.10. The first kappa shape index (κ1) is 15.9. The molecule has 0 unspecified atom stereocenters. The zero-order valence-corrected chi connectivity index (χ0v) is 13.1. The number of nitrogens with one attached hydrogen (secondary N) is 1. The normalized spacial score (nSPS) is 17.2. The molecule has 0 atom stereocenters. The van der Waals surface area contributed by atoms with Crippen molar-refractivity contribution in [2.75, 3.05) is 5.32 Å². The number of amides is 1. The number of anilines is 1. The number of carboxylic acids is 1. The highest BCUT2D eigenvalue weighted by Crippen LogP contribution is 2.39. The third-order valence-electron chi connectivity index (χ3n) is 3.97. The van der Waals surface area contributed by atoms with Gasteiger partial charge in [-0.3, -0.25) is 9.59 Å². The lowest BCUT2D eigenvalue weighted by Gasteiger charge is -2.32. The van der Waals surface area contributed by atoms with Crippen LogP contribution in [0.2, 0.25) is 0 Å². The van der Waals surface area contributed by atoms with Gasteiger partial charge in [0.1, 0.15) is 5.82 Å². The summed E-state index contributed by atoms with van der Waals surface area (Å²) >= 11 is 3.04. The minimum atomic E-state index is -0.976. The van der Waals surface area contributed by atoms with Crippen molar-refractivity contribution >= 4 is 33.5 Å². The second-order valence-corrected chi connectivity index (χ2v) is 6.35. The summed E-state index contributed by atoms with van der Waals surface area (Å²) in [5.74, 6) is -1.78. The van der Waals surface area contributed by atoms with Gasteiger partial charge in [0.05, 0.1) is 9.89 Å². The average molecular weight is 358 g/mol. The van der Waals surface area contributed by atoms with Gasteiger partial charge in [-0.1, -0.05) is 19.3 Å². The molecule has 2 N–H and O–H groups in total. The molecule has 21 heavy (non-hydrogen) atoms. The Morgan fingerprint density at radius 1 is 1.29 bits per heavy atom. The first-order valence-electron chi connectivity index (χ1n) is 6.91. The van der Waals surface area contributed by atoms with Gasteiger partial charge in [0.15, 0.2) is 0 Å². The molecule has 1 aromatic carbocycles. The van der Waals surface area contributed by atoms with Gasteiger partial charge in [-0.15, -0.1) is 0 Å². The van der Waals surface area contributed by atoms with Crippen molar-refractivity contribution in [3.05, 3.63) is 28.5 Å². The summed E-state index contributed by atoms with van der Waals surface area (Å²) in [4.78, 5) is 23.6. The van der Waals surface area contributed by atoms with Crippen molar-refractivity contribution in [3.8, 4) is 0 Å². The molecule has 0 saturated heterocycles. The van der Waals surface area contributed by atoms with Crippen LogP contribution in [0.25, 0.3) is 0 Å². The topological polar surface area (TPSA) is 66.4 Å². The molecule has 0 aromatic heterocycles. The minimum absolute atomic E-state index is 0.0694. The number of rotatable bonds is 4. The van der Waals surface area contributed by atoms with E-state index in [-0.39, 0.29) is 12.3 Å². The van der Waals surface area contributed by atoms with Gasteiger partial charge < -0.3 is 10.4 Å². The molecule has 1 aromatic rings. The summed E-state index contributed by atoms with van der Waals surface area (Å²) in [6.07, 6.45) is 3.63. The first-order valence-corrected chi connectivity index (χ1v) is 7.71. The molecule has 6 heteroatoms. The molecule has 114 valence electrons. The van der Waals surface area contributed by atoms with Crippen LogP contribution in [0.3, 0.4) is 0 Å². The predicted octanol–water partition coefficient (Wildman–Crippen LogP) is 3.95. The number of benzene rings is 1. The third kappa shape index (κ3) is 3.81. The van der Waals surface area contributed by atoms with E-state index in [2.05, 4.69) is 21.2 Å². The van der Waals surface area contributed by atoms with Crippen LogP contribution in [-0.4, -0.2) is 17.0 Å². The highest BCUT2D eigenvalue weighted by Gasteiger charge is 2.41. The first-order chi connectivity index (χ1) is 9.93. The van der Waals surface area contributed by atoms with Gasteiger partial charge >= 0.3 is 5.97 Å². The van der Waals surface area contributed by atoms with Crippen molar-refractivity contribution < 1.29 is 19.1 Å². The summed E-state index contributed by atoms with van der Waals surface area (Å²) in [5, 5.41) is 12.0. The highest BCUT2D eigenvalue weighted by atomic mass is 79.9. The van der Waals surface area contributed by atoms with Gasteiger partial charge in [-0.25, -0.2) is 4.39 Å². The molecule has 1 amide bonds. The van der Waals surface area contributed by atoms with Crippen molar-refractivity contribution in [3.63, 3.8) is 0 Å². The lowest BCUT2D eigenvalue weighted by atomic mass is 9.71. The Kier molecular flexibility index (Phi) is 4.98. The lowest BCUT2D eigenvalue weighted by Crippen LogP contribution is -2.37. The quantitative estimate of drug-likeness (QED) is 0.857. The largest absolute Gasteiger partial charge is 0.481 e. The smallest absolute Gasteiger partial charge is 0.310 e. The van der Waals surface area contributed by atoms with E-state index in [1.807, 2.05) is 0 Å². The van der Waals surface area contributed by atoms with E-state index in [1.165, 1.54) is 12.1 Å². The van der Waals surface area contributed by atoms with Gasteiger partial charge in [0.2, 0.25) is 5.91 Å². The minimum Gasteiger partial charge on any atom is -0.481 e. The van der Waals surface area contributed by atoms with Crippen LogP contribution in [-0.2, 0) is 9.59 Å². The SMILES string of the molecule is O=C(CC1(C(=O)O)CCCCC1)Nc1ccc(Br)c(F)c1. The zero-order chi connectivity index (χ0) is 15.5. The molecule has 1 saturated carbocycles. The number of carboxylic acid groups (broad SMARTS) is 1. The second kappa shape index (κ2) is 6.56. The Morgan fingerprint density at radius 3 is 2.52 bits per heavy atom. The Bertz CT molecular complexity index is 556. The van der Waals surface area contributed by atoms with Crippen LogP contribution in [0.1, 0.15) is 38.5 Å². The van der Waals surface area contributed by atoms with Gasteiger partial charge in [0.25, 0.3) is 0 Å². The maximum atomic E-state index is 13.4. The van der Waals surface area contributed by atoms with Crippen LogP contribution in [0, 0.1) is 11.2 Å². The summed E-state index contributed by atoms with van der Waals surface area (Å²) < 4.78 is 13.7. The van der Waals surface area contributed by atoms with Crippen molar-refractivity contribution in [1.82, 2.24) is 0 Å². The summed E-state index contributed by atoms with van der Waals surface area (Å²) in [7, 11) is 0. The maximum Gasteiger partial charge on any atom is 0.310 e. The number of aliphatic carboxylic acids is 1. The van der Waals surface area contributed by atoms with Crippen molar-refractivity contribution in [2.45, 2.75) is 38.5 Å². The average Bonchev–Trinajstić information content (AvgIpc) is 2.43. The van der Waals surface area contributed by atoms with Gasteiger partial charge in [0, 0.05) is 12.1 Å². The maximum absolute atomic E-state index is 13.4.